The summed E-state index contributed by atoms with van der Waals surface area (Å²) in [6.45, 7) is 4.17. The molecule has 0 aliphatic carbocycles. The van der Waals surface area contributed by atoms with Crippen LogP contribution in [0.4, 0.5) is 0 Å². The van der Waals surface area contributed by atoms with Crippen molar-refractivity contribution < 1.29 is 4.57 Å². The fourth-order valence-corrected chi connectivity index (χ4v) is 0.549. The molecule has 1 aromatic rings. The molecule has 0 unspecified atom stereocenters. The van der Waals surface area contributed by atoms with E-state index in [1.54, 1.807) is 12.7 Å². The lowest BCUT2D eigenvalue weighted by Crippen LogP contribution is -2.36. The molecule has 1 heterocycles. The molecule has 0 bridgehead atoms. The maximum Gasteiger partial charge on any atom is 0.263 e. The SMILES string of the molecule is CC(C)[n+]1cncnc1. The van der Waals surface area contributed by atoms with E-state index in [0.717, 1.165) is 0 Å². The van der Waals surface area contributed by atoms with Crippen molar-refractivity contribution in [3.8, 4) is 0 Å². The Morgan fingerprint density at radius 3 is 2.11 bits per heavy atom. The van der Waals surface area contributed by atoms with Crippen LogP contribution >= 0.6 is 0 Å². The van der Waals surface area contributed by atoms with Crippen molar-refractivity contribution in [3.05, 3.63) is 19.0 Å². The molecule has 0 aliphatic heterocycles. The Kier molecular flexibility index (Phi) is 1.72. The van der Waals surface area contributed by atoms with Crippen molar-refractivity contribution in [1.82, 2.24) is 9.97 Å². The van der Waals surface area contributed by atoms with Crippen molar-refractivity contribution in [3.63, 3.8) is 0 Å². The number of rotatable bonds is 1. The quantitative estimate of drug-likeness (QED) is 0.505. The molecule has 0 atom stereocenters. The Morgan fingerprint density at radius 1 is 1.22 bits per heavy atom. The first-order valence-electron chi connectivity index (χ1n) is 2.96. The first-order chi connectivity index (χ1) is 4.30. The maximum atomic E-state index is 3.86. The highest BCUT2D eigenvalue weighted by Crippen LogP contribution is 1.84. The van der Waals surface area contributed by atoms with Gasteiger partial charge in [0.25, 0.3) is 6.33 Å². The first kappa shape index (κ1) is 6.13. The van der Waals surface area contributed by atoms with Crippen molar-refractivity contribution in [1.29, 1.82) is 0 Å². The van der Waals surface area contributed by atoms with Crippen molar-refractivity contribution >= 4 is 0 Å². The Labute approximate surface area is 54.4 Å². The minimum Gasteiger partial charge on any atom is -0.237 e. The Balaban J connectivity index is 2.85. The van der Waals surface area contributed by atoms with E-state index in [1.807, 2.05) is 4.57 Å². The zero-order chi connectivity index (χ0) is 6.69. The molecule has 1 aromatic heterocycles. The third kappa shape index (κ3) is 1.45. The van der Waals surface area contributed by atoms with E-state index in [0.29, 0.717) is 6.04 Å². The van der Waals surface area contributed by atoms with Crippen molar-refractivity contribution in [2.45, 2.75) is 19.9 Å². The minimum absolute atomic E-state index is 0.450. The largest absolute Gasteiger partial charge is 0.263 e. The molecule has 0 radical (unpaired) electrons. The highest BCUT2D eigenvalue weighted by molar-refractivity contribution is 4.44. The number of hydrogen-bond donors (Lipinski definition) is 0. The van der Waals surface area contributed by atoms with E-state index in [-0.39, 0.29) is 0 Å². The van der Waals surface area contributed by atoms with Crippen LogP contribution in [0.25, 0.3) is 0 Å². The third-order valence-electron chi connectivity index (χ3n) is 1.13. The van der Waals surface area contributed by atoms with Crippen molar-refractivity contribution in [2.75, 3.05) is 0 Å². The molecule has 48 valence electrons. The summed E-state index contributed by atoms with van der Waals surface area (Å²) in [6.07, 6.45) is 5.05. The molecule has 0 saturated carbocycles. The molecule has 0 aliphatic rings. The lowest BCUT2D eigenvalue weighted by Gasteiger charge is -1.98. The normalized spacial score (nSPS) is 10.1. The number of aromatic nitrogens is 3. The smallest absolute Gasteiger partial charge is 0.237 e. The summed E-state index contributed by atoms with van der Waals surface area (Å²) in [6, 6.07) is 0.450. The van der Waals surface area contributed by atoms with Crippen LogP contribution in [0.15, 0.2) is 19.0 Å². The molecule has 0 spiro atoms. The second-order valence-electron chi connectivity index (χ2n) is 2.19. The van der Waals surface area contributed by atoms with E-state index in [2.05, 4.69) is 23.8 Å². The van der Waals surface area contributed by atoms with Crippen LogP contribution in [0.2, 0.25) is 0 Å². The number of nitrogens with zero attached hydrogens (tertiary/aromatic N) is 3. The average Bonchev–Trinajstić information content (AvgIpc) is 1.90. The Hall–Kier alpha value is -0.990. The van der Waals surface area contributed by atoms with Gasteiger partial charge in [0.1, 0.15) is 0 Å². The monoisotopic (exact) mass is 124 g/mol. The van der Waals surface area contributed by atoms with E-state index < -0.39 is 0 Å². The van der Waals surface area contributed by atoms with Crippen LogP contribution < -0.4 is 4.57 Å². The highest BCUT2D eigenvalue weighted by Gasteiger charge is 1.98. The van der Waals surface area contributed by atoms with Gasteiger partial charge in [-0.05, 0) is 13.8 Å². The van der Waals surface area contributed by atoms with Gasteiger partial charge < -0.3 is 0 Å². The van der Waals surface area contributed by atoms with Crippen LogP contribution in [0.1, 0.15) is 19.9 Å². The van der Waals surface area contributed by atoms with Crippen molar-refractivity contribution in [2.24, 2.45) is 0 Å². The molecule has 1 rings (SSSR count). The highest BCUT2D eigenvalue weighted by atomic mass is 15.1. The van der Waals surface area contributed by atoms with Crippen LogP contribution in [0.5, 0.6) is 0 Å². The minimum atomic E-state index is 0.450. The van der Waals surface area contributed by atoms with Gasteiger partial charge in [0, 0.05) is 0 Å². The lowest BCUT2D eigenvalue weighted by atomic mass is 10.4. The van der Waals surface area contributed by atoms with E-state index in [9.17, 15) is 0 Å². The summed E-state index contributed by atoms with van der Waals surface area (Å²) < 4.78 is 1.94. The van der Waals surface area contributed by atoms with Crippen LogP contribution in [0.3, 0.4) is 0 Å². The zero-order valence-corrected chi connectivity index (χ0v) is 5.65. The van der Waals surface area contributed by atoms with Gasteiger partial charge >= 0.3 is 0 Å². The predicted octanol–water partition coefficient (Wildman–Crippen LogP) is 0.345. The fourth-order valence-electron chi connectivity index (χ4n) is 0.549. The predicted molar refractivity (Wildman–Crippen MR) is 32.6 cm³/mol. The molecule has 3 nitrogen and oxygen atoms in total. The van der Waals surface area contributed by atoms with Crippen LogP contribution in [-0.4, -0.2) is 9.97 Å². The van der Waals surface area contributed by atoms with Gasteiger partial charge in [0.15, 0.2) is 0 Å². The van der Waals surface area contributed by atoms with Gasteiger partial charge in [0.2, 0.25) is 12.7 Å². The summed E-state index contributed by atoms with van der Waals surface area (Å²) in [5.41, 5.74) is 0. The second kappa shape index (κ2) is 2.53. The van der Waals surface area contributed by atoms with Gasteiger partial charge in [-0.25, -0.2) is 4.57 Å². The third-order valence-corrected chi connectivity index (χ3v) is 1.13. The summed E-state index contributed by atoms with van der Waals surface area (Å²) in [5.74, 6) is 0. The zero-order valence-electron chi connectivity index (χ0n) is 5.65. The molecule has 0 N–H and O–H groups in total. The van der Waals surface area contributed by atoms with Crippen LogP contribution in [-0.2, 0) is 0 Å². The summed E-state index contributed by atoms with van der Waals surface area (Å²) in [5, 5.41) is 0. The summed E-state index contributed by atoms with van der Waals surface area (Å²) >= 11 is 0. The van der Waals surface area contributed by atoms with Gasteiger partial charge in [-0.3, -0.25) is 0 Å². The Bertz CT molecular complexity index is 171. The first-order valence-corrected chi connectivity index (χ1v) is 2.96. The van der Waals surface area contributed by atoms with E-state index >= 15 is 0 Å². The van der Waals surface area contributed by atoms with Gasteiger partial charge in [0.05, 0.1) is 6.04 Å². The lowest BCUT2D eigenvalue weighted by molar-refractivity contribution is -0.721. The molecule has 0 amide bonds. The molecular weight excluding hydrogens is 114 g/mol. The molecule has 0 aromatic carbocycles. The summed E-state index contributed by atoms with van der Waals surface area (Å²) in [4.78, 5) is 7.72. The molecule has 3 heteroatoms. The molecule has 9 heavy (non-hydrogen) atoms. The average molecular weight is 124 g/mol. The topological polar surface area (TPSA) is 29.7 Å². The summed E-state index contributed by atoms with van der Waals surface area (Å²) in [7, 11) is 0. The molecule has 0 saturated heterocycles. The molecule has 0 fully saturated rings. The molecular formula is C6H10N3+. The Morgan fingerprint density at radius 2 is 1.78 bits per heavy atom. The van der Waals surface area contributed by atoms with Crippen LogP contribution in [0, 0.1) is 0 Å². The van der Waals surface area contributed by atoms with Gasteiger partial charge in [-0.2, -0.15) is 0 Å². The maximum absolute atomic E-state index is 3.86. The van der Waals surface area contributed by atoms with E-state index in [4.69, 9.17) is 0 Å². The van der Waals surface area contributed by atoms with E-state index in [1.165, 1.54) is 6.33 Å². The van der Waals surface area contributed by atoms with Gasteiger partial charge in [-0.15, -0.1) is 0 Å². The number of hydrogen-bond acceptors (Lipinski definition) is 2. The second-order valence-corrected chi connectivity index (χ2v) is 2.19. The van der Waals surface area contributed by atoms with Gasteiger partial charge in [-0.1, -0.05) is 9.97 Å². The standard InChI is InChI=1S/C6H10N3/c1-6(2)9-4-7-3-8-5-9/h3-6H,1-2H3/q+1. The fraction of sp³-hybridized carbons (Fsp3) is 0.500.